The molecule has 3 aromatic rings. The summed E-state index contributed by atoms with van der Waals surface area (Å²) < 4.78 is 0. The van der Waals surface area contributed by atoms with E-state index in [2.05, 4.69) is 10.6 Å². The van der Waals surface area contributed by atoms with Crippen LogP contribution in [0.15, 0.2) is 52.1 Å². The highest BCUT2D eigenvalue weighted by atomic mass is 16.3. The van der Waals surface area contributed by atoms with Crippen molar-refractivity contribution in [3.63, 3.8) is 0 Å². The van der Waals surface area contributed by atoms with Crippen molar-refractivity contribution in [1.82, 2.24) is 0 Å². The third-order valence-electron chi connectivity index (χ3n) is 4.51. The summed E-state index contributed by atoms with van der Waals surface area (Å²) in [5, 5.41) is 25.5. The predicted molar refractivity (Wildman–Crippen MR) is 107 cm³/mol. The van der Waals surface area contributed by atoms with Crippen LogP contribution < -0.4 is 21.5 Å². The molecule has 0 amide bonds. The van der Waals surface area contributed by atoms with E-state index in [1.807, 2.05) is 19.9 Å². The molecular formula is C21H22N2O4. The molecule has 3 aromatic carbocycles. The van der Waals surface area contributed by atoms with Crippen LogP contribution in [0.4, 0.5) is 17.1 Å². The summed E-state index contributed by atoms with van der Waals surface area (Å²) in [4.78, 5) is 24.0. The highest BCUT2D eigenvalue weighted by molar-refractivity contribution is 5.79. The zero-order valence-corrected chi connectivity index (χ0v) is 15.2. The third kappa shape index (κ3) is 3.79. The maximum Gasteiger partial charge on any atom is 0.253 e. The van der Waals surface area contributed by atoms with Crippen LogP contribution in [0.3, 0.4) is 0 Å². The van der Waals surface area contributed by atoms with Gasteiger partial charge in [0.1, 0.15) is 22.9 Å². The Balaban J connectivity index is 1.83. The van der Waals surface area contributed by atoms with Crippen molar-refractivity contribution < 1.29 is 10.2 Å². The molecule has 0 radical (unpaired) electrons. The SMILES string of the molecule is CCCc1cc(Nc2c(NC(C)c3cccc(O)c3)c(=O)c2=O)ccc1O. The molecule has 0 spiro atoms. The van der Waals surface area contributed by atoms with Gasteiger partial charge in [-0.3, -0.25) is 9.59 Å². The van der Waals surface area contributed by atoms with Gasteiger partial charge in [-0.1, -0.05) is 25.5 Å². The van der Waals surface area contributed by atoms with Gasteiger partial charge >= 0.3 is 0 Å². The Morgan fingerprint density at radius 3 is 2.44 bits per heavy atom. The van der Waals surface area contributed by atoms with E-state index in [4.69, 9.17) is 0 Å². The van der Waals surface area contributed by atoms with E-state index in [0.29, 0.717) is 12.1 Å². The molecule has 1 unspecified atom stereocenters. The largest absolute Gasteiger partial charge is 0.508 e. The summed E-state index contributed by atoms with van der Waals surface area (Å²) in [6.07, 6.45) is 1.60. The van der Waals surface area contributed by atoms with E-state index >= 15 is 0 Å². The topological polar surface area (TPSA) is 98.7 Å². The van der Waals surface area contributed by atoms with Gasteiger partial charge in [0.2, 0.25) is 0 Å². The predicted octanol–water partition coefficient (Wildman–Crippen LogP) is 3.56. The third-order valence-corrected chi connectivity index (χ3v) is 4.51. The highest BCUT2D eigenvalue weighted by Gasteiger charge is 2.23. The van der Waals surface area contributed by atoms with Crippen LogP contribution in [-0.4, -0.2) is 10.2 Å². The minimum Gasteiger partial charge on any atom is -0.508 e. The molecule has 140 valence electrons. The second-order valence-corrected chi connectivity index (χ2v) is 6.59. The fourth-order valence-electron chi connectivity index (χ4n) is 3.02. The van der Waals surface area contributed by atoms with Gasteiger partial charge in [-0.15, -0.1) is 0 Å². The van der Waals surface area contributed by atoms with E-state index in [0.717, 1.165) is 17.5 Å². The van der Waals surface area contributed by atoms with Gasteiger partial charge in [0.05, 0.1) is 0 Å². The number of anilines is 3. The summed E-state index contributed by atoms with van der Waals surface area (Å²) in [5.74, 6) is 0.347. The van der Waals surface area contributed by atoms with Gasteiger partial charge in [0, 0.05) is 11.7 Å². The molecule has 6 nitrogen and oxygen atoms in total. The average Bonchev–Trinajstić information content (AvgIpc) is 2.66. The maximum absolute atomic E-state index is 12.0. The van der Waals surface area contributed by atoms with Crippen molar-refractivity contribution in [2.24, 2.45) is 0 Å². The fourth-order valence-corrected chi connectivity index (χ4v) is 3.02. The van der Waals surface area contributed by atoms with Crippen LogP contribution in [0.2, 0.25) is 0 Å². The fraction of sp³-hybridized carbons (Fsp3) is 0.238. The summed E-state index contributed by atoms with van der Waals surface area (Å²) in [5.41, 5.74) is 1.49. The van der Waals surface area contributed by atoms with Crippen molar-refractivity contribution in [3.05, 3.63) is 74.0 Å². The lowest BCUT2D eigenvalue weighted by Crippen LogP contribution is -2.37. The second-order valence-electron chi connectivity index (χ2n) is 6.59. The van der Waals surface area contributed by atoms with Gasteiger partial charge in [0.25, 0.3) is 10.9 Å². The maximum atomic E-state index is 12.0. The number of aryl methyl sites for hydroxylation is 1. The lowest BCUT2D eigenvalue weighted by atomic mass is 10.1. The standard InChI is InChI=1S/C21H22N2O4/c1-3-5-14-10-15(8-9-17(14)25)23-19-18(20(26)21(19)27)22-12(2)13-6-4-7-16(24)11-13/h4,6-12,22-25H,3,5H2,1-2H3. The van der Waals surface area contributed by atoms with Gasteiger partial charge in [-0.25, -0.2) is 0 Å². The molecule has 0 heterocycles. The zero-order valence-electron chi connectivity index (χ0n) is 15.2. The number of aromatic hydroxyl groups is 2. The number of phenolic OH excluding ortho intramolecular Hbond substituents is 2. The Hall–Kier alpha value is -3.28. The number of hydrogen-bond acceptors (Lipinski definition) is 6. The van der Waals surface area contributed by atoms with Crippen LogP contribution in [-0.2, 0) is 6.42 Å². The van der Waals surface area contributed by atoms with Gasteiger partial charge in [-0.05, 0) is 54.8 Å². The van der Waals surface area contributed by atoms with Crippen LogP contribution in [0.25, 0.3) is 0 Å². The number of rotatable bonds is 7. The summed E-state index contributed by atoms with van der Waals surface area (Å²) >= 11 is 0. The molecule has 0 aliphatic rings. The van der Waals surface area contributed by atoms with Crippen LogP contribution in [0.1, 0.15) is 37.4 Å². The Bertz CT molecular complexity index is 1040. The number of benzene rings is 2. The molecule has 1 atom stereocenters. The van der Waals surface area contributed by atoms with E-state index in [-0.39, 0.29) is 28.9 Å². The summed E-state index contributed by atoms with van der Waals surface area (Å²) in [6, 6.07) is 11.5. The first-order chi connectivity index (χ1) is 12.9. The lowest BCUT2D eigenvalue weighted by molar-refractivity contribution is 0.467. The highest BCUT2D eigenvalue weighted by Crippen LogP contribution is 2.29. The minimum atomic E-state index is -0.578. The summed E-state index contributed by atoms with van der Waals surface area (Å²) in [7, 11) is 0. The Labute approximate surface area is 156 Å². The van der Waals surface area contributed by atoms with Gasteiger partial charge in [-0.2, -0.15) is 0 Å². The van der Waals surface area contributed by atoms with Crippen molar-refractivity contribution >= 4 is 17.1 Å². The zero-order chi connectivity index (χ0) is 19.6. The molecule has 0 fully saturated rings. The Morgan fingerprint density at radius 2 is 1.74 bits per heavy atom. The monoisotopic (exact) mass is 366 g/mol. The van der Waals surface area contributed by atoms with E-state index < -0.39 is 10.9 Å². The molecule has 0 saturated carbocycles. The molecule has 0 aliphatic carbocycles. The first-order valence-corrected chi connectivity index (χ1v) is 8.88. The second kappa shape index (κ2) is 7.53. The molecule has 0 saturated heterocycles. The Kier molecular flexibility index (Phi) is 5.16. The van der Waals surface area contributed by atoms with Crippen molar-refractivity contribution in [2.75, 3.05) is 10.6 Å². The number of hydrogen-bond donors (Lipinski definition) is 4. The number of nitrogens with one attached hydrogen (secondary N) is 2. The molecule has 0 bridgehead atoms. The Morgan fingerprint density at radius 1 is 1.00 bits per heavy atom. The van der Waals surface area contributed by atoms with E-state index in [9.17, 15) is 19.8 Å². The van der Waals surface area contributed by atoms with E-state index in [1.54, 1.807) is 36.4 Å². The molecule has 0 aromatic heterocycles. The lowest BCUT2D eigenvalue weighted by Gasteiger charge is -2.20. The molecular weight excluding hydrogens is 344 g/mol. The summed E-state index contributed by atoms with van der Waals surface area (Å²) in [6.45, 7) is 3.86. The van der Waals surface area contributed by atoms with Crippen molar-refractivity contribution in [1.29, 1.82) is 0 Å². The smallest absolute Gasteiger partial charge is 0.253 e. The molecule has 4 N–H and O–H groups in total. The molecule has 27 heavy (non-hydrogen) atoms. The van der Waals surface area contributed by atoms with Crippen LogP contribution in [0.5, 0.6) is 11.5 Å². The quantitative estimate of drug-likeness (QED) is 0.377. The van der Waals surface area contributed by atoms with Crippen LogP contribution in [0, 0.1) is 0 Å². The van der Waals surface area contributed by atoms with Crippen molar-refractivity contribution in [2.45, 2.75) is 32.7 Å². The van der Waals surface area contributed by atoms with Gasteiger partial charge < -0.3 is 20.8 Å². The molecule has 6 heteroatoms. The van der Waals surface area contributed by atoms with Crippen LogP contribution >= 0.6 is 0 Å². The average molecular weight is 366 g/mol. The normalized spacial score (nSPS) is 12.1. The first-order valence-electron chi connectivity index (χ1n) is 8.88. The molecule has 0 aliphatic heterocycles. The van der Waals surface area contributed by atoms with E-state index in [1.165, 1.54) is 0 Å². The van der Waals surface area contributed by atoms with Gasteiger partial charge in [0.15, 0.2) is 0 Å². The number of phenols is 2. The first kappa shape index (κ1) is 18.5. The van der Waals surface area contributed by atoms with Crippen molar-refractivity contribution in [3.8, 4) is 11.5 Å². The molecule has 3 rings (SSSR count). The minimum absolute atomic E-state index is 0.136.